The van der Waals surface area contributed by atoms with Crippen molar-refractivity contribution in [1.29, 1.82) is 0 Å². The van der Waals surface area contributed by atoms with Gasteiger partial charge in [0.1, 0.15) is 0 Å². The number of piperazine rings is 1. The van der Waals surface area contributed by atoms with Gasteiger partial charge in [-0.15, -0.1) is 0 Å². The number of hydrogen-bond donors (Lipinski definition) is 1. The minimum Gasteiger partial charge on any atom is -0.314 e. The minimum atomic E-state index is 0.716. The summed E-state index contributed by atoms with van der Waals surface area (Å²) in [6.07, 6.45) is 0. The van der Waals surface area contributed by atoms with Crippen LogP contribution in [0.25, 0.3) is 0 Å². The zero-order valence-corrected chi connectivity index (χ0v) is 7.22. The van der Waals surface area contributed by atoms with Gasteiger partial charge in [-0.25, -0.2) is 0 Å². The van der Waals surface area contributed by atoms with E-state index in [4.69, 9.17) is 0 Å². The van der Waals surface area contributed by atoms with Crippen LogP contribution in [0.2, 0.25) is 0 Å². The van der Waals surface area contributed by atoms with E-state index >= 15 is 0 Å². The zero-order chi connectivity index (χ0) is 7.56. The van der Waals surface area contributed by atoms with Gasteiger partial charge < -0.3 is 5.32 Å². The average Bonchev–Trinajstić information content (AvgIpc) is 1.88. The SMILES string of the molecule is CCN1[C@@H](C)CNC[C@@H]1C. The topological polar surface area (TPSA) is 15.3 Å². The number of nitrogens with zero attached hydrogens (tertiary/aromatic N) is 1. The molecule has 0 unspecified atom stereocenters. The standard InChI is InChI=1S/C8H18N2/c1-4-10-7(2)5-9-6-8(10)3/h7-9H,4-6H2,1-3H3/t7-,8-/m0/s1. The van der Waals surface area contributed by atoms with Crippen LogP contribution in [0.15, 0.2) is 0 Å². The molecule has 0 amide bonds. The summed E-state index contributed by atoms with van der Waals surface area (Å²) in [5.41, 5.74) is 0. The third-order valence-electron chi connectivity index (χ3n) is 2.38. The molecule has 0 radical (unpaired) electrons. The first-order chi connectivity index (χ1) is 4.75. The molecular formula is C8H18N2. The lowest BCUT2D eigenvalue weighted by Crippen LogP contribution is -2.54. The molecule has 1 heterocycles. The summed E-state index contributed by atoms with van der Waals surface area (Å²) in [6.45, 7) is 10.3. The maximum absolute atomic E-state index is 3.41. The van der Waals surface area contributed by atoms with Gasteiger partial charge in [0.25, 0.3) is 0 Å². The lowest BCUT2D eigenvalue weighted by atomic mass is 10.1. The van der Waals surface area contributed by atoms with E-state index in [1.54, 1.807) is 0 Å². The Balaban J connectivity index is 2.45. The lowest BCUT2D eigenvalue weighted by molar-refractivity contribution is 0.124. The first-order valence-corrected chi connectivity index (χ1v) is 4.22. The molecule has 1 saturated heterocycles. The third kappa shape index (κ3) is 1.50. The summed E-state index contributed by atoms with van der Waals surface area (Å²) in [5.74, 6) is 0. The van der Waals surface area contributed by atoms with E-state index < -0.39 is 0 Å². The molecule has 0 aromatic heterocycles. The molecule has 60 valence electrons. The molecule has 1 rings (SSSR count). The van der Waals surface area contributed by atoms with Crippen molar-refractivity contribution in [3.8, 4) is 0 Å². The molecule has 10 heavy (non-hydrogen) atoms. The van der Waals surface area contributed by atoms with E-state index in [2.05, 4.69) is 31.0 Å². The second-order valence-corrected chi connectivity index (χ2v) is 3.19. The highest BCUT2D eigenvalue weighted by atomic mass is 15.2. The number of likely N-dealkylation sites (N-methyl/N-ethyl adjacent to an activating group) is 1. The average molecular weight is 142 g/mol. The van der Waals surface area contributed by atoms with Crippen LogP contribution in [-0.2, 0) is 0 Å². The molecule has 0 bridgehead atoms. The van der Waals surface area contributed by atoms with Crippen LogP contribution in [0.3, 0.4) is 0 Å². The van der Waals surface area contributed by atoms with Gasteiger partial charge in [-0.2, -0.15) is 0 Å². The van der Waals surface area contributed by atoms with Gasteiger partial charge in [-0.1, -0.05) is 6.92 Å². The van der Waals surface area contributed by atoms with Gasteiger partial charge in [0.05, 0.1) is 0 Å². The summed E-state index contributed by atoms with van der Waals surface area (Å²) in [7, 11) is 0. The molecule has 1 fully saturated rings. The van der Waals surface area contributed by atoms with Gasteiger partial charge in [-0.3, -0.25) is 4.90 Å². The van der Waals surface area contributed by atoms with Crippen LogP contribution in [0.5, 0.6) is 0 Å². The van der Waals surface area contributed by atoms with Crippen LogP contribution < -0.4 is 5.32 Å². The first-order valence-electron chi connectivity index (χ1n) is 4.22. The molecule has 0 spiro atoms. The Hall–Kier alpha value is -0.0800. The molecule has 1 aliphatic rings. The second kappa shape index (κ2) is 3.35. The molecular weight excluding hydrogens is 124 g/mol. The highest BCUT2D eigenvalue weighted by Gasteiger charge is 2.21. The van der Waals surface area contributed by atoms with Crippen molar-refractivity contribution < 1.29 is 0 Å². The van der Waals surface area contributed by atoms with Crippen LogP contribution >= 0.6 is 0 Å². The Kier molecular flexibility index (Phi) is 2.69. The molecule has 1 N–H and O–H groups in total. The molecule has 2 heteroatoms. The van der Waals surface area contributed by atoms with Crippen molar-refractivity contribution in [3.63, 3.8) is 0 Å². The van der Waals surface area contributed by atoms with E-state index in [-0.39, 0.29) is 0 Å². The Morgan fingerprint density at radius 1 is 1.30 bits per heavy atom. The van der Waals surface area contributed by atoms with Gasteiger partial charge in [0, 0.05) is 25.2 Å². The molecule has 1 aliphatic heterocycles. The molecule has 0 aromatic carbocycles. The molecule has 0 aliphatic carbocycles. The largest absolute Gasteiger partial charge is 0.314 e. The molecule has 0 saturated carbocycles. The van der Waals surface area contributed by atoms with Crippen molar-refractivity contribution in [1.82, 2.24) is 10.2 Å². The van der Waals surface area contributed by atoms with Gasteiger partial charge in [0.2, 0.25) is 0 Å². The summed E-state index contributed by atoms with van der Waals surface area (Å²) in [6, 6.07) is 1.43. The molecule has 2 atom stereocenters. The van der Waals surface area contributed by atoms with Crippen molar-refractivity contribution in [2.75, 3.05) is 19.6 Å². The quantitative estimate of drug-likeness (QED) is 0.579. The predicted molar refractivity (Wildman–Crippen MR) is 44.2 cm³/mol. The van der Waals surface area contributed by atoms with E-state index in [1.165, 1.54) is 6.54 Å². The van der Waals surface area contributed by atoms with E-state index in [9.17, 15) is 0 Å². The van der Waals surface area contributed by atoms with E-state index in [0.717, 1.165) is 13.1 Å². The second-order valence-electron chi connectivity index (χ2n) is 3.19. The number of nitrogens with one attached hydrogen (secondary N) is 1. The van der Waals surface area contributed by atoms with E-state index in [1.807, 2.05) is 0 Å². The first kappa shape index (κ1) is 8.02. The summed E-state index contributed by atoms with van der Waals surface area (Å²) in [5, 5.41) is 3.41. The zero-order valence-electron chi connectivity index (χ0n) is 7.22. The summed E-state index contributed by atoms with van der Waals surface area (Å²) < 4.78 is 0. The monoisotopic (exact) mass is 142 g/mol. The highest BCUT2D eigenvalue weighted by Crippen LogP contribution is 2.07. The Morgan fingerprint density at radius 3 is 2.10 bits per heavy atom. The van der Waals surface area contributed by atoms with Gasteiger partial charge in [-0.05, 0) is 20.4 Å². The summed E-state index contributed by atoms with van der Waals surface area (Å²) >= 11 is 0. The maximum atomic E-state index is 3.41. The van der Waals surface area contributed by atoms with Crippen molar-refractivity contribution >= 4 is 0 Å². The van der Waals surface area contributed by atoms with Crippen LogP contribution in [0, 0.1) is 0 Å². The van der Waals surface area contributed by atoms with Crippen molar-refractivity contribution in [2.24, 2.45) is 0 Å². The predicted octanol–water partition coefficient (Wildman–Crippen LogP) is 0.689. The number of rotatable bonds is 1. The normalized spacial score (nSPS) is 36.3. The van der Waals surface area contributed by atoms with Crippen LogP contribution in [0.1, 0.15) is 20.8 Å². The van der Waals surface area contributed by atoms with E-state index in [0.29, 0.717) is 12.1 Å². The highest BCUT2D eigenvalue weighted by molar-refractivity contribution is 4.81. The fraction of sp³-hybridized carbons (Fsp3) is 1.00. The van der Waals surface area contributed by atoms with Crippen LogP contribution in [0.4, 0.5) is 0 Å². The van der Waals surface area contributed by atoms with Gasteiger partial charge in [0.15, 0.2) is 0 Å². The third-order valence-corrected chi connectivity index (χ3v) is 2.38. The number of hydrogen-bond acceptors (Lipinski definition) is 2. The Bertz CT molecular complexity index is 93.4. The fourth-order valence-corrected chi connectivity index (χ4v) is 1.79. The van der Waals surface area contributed by atoms with Gasteiger partial charge >= 0.3 is 0 Å². The Labute approximate surface area is 63.6 Å². The summed E-state index contributed by atoms with van der Waals surface area (Å²) in [4.78, 5) is 2.54. The van der Waals surface area contributed by atoms with Crippen LogP contribution in [-0.4, -0.2) is 36.6 Å². The molecule has 2 nitrogen and oxygen atoms in total. The van der Waals surface area contributed by atoms with Crippen molar-refractivity contribution in [3.05, 3.63) is 0 Å². The smallest absolute Gasteiger partial charge is 0.0195 e. The molecule has 0 aromatic rings. The lowest BCUT2D eigenvalue weighted by Gasteiger charge is -2.38. The Morgan fingerprint density at radius 2 is 1.80 bits per heavy atom. The maximum Gasteiger partial charge on any atom is 0.0195 e. The minimum absolute atomic E-state index is 0.716. The van der Waals surface area contributed by atoms with Crippen molar-refractivity contribution in [2.45, 2.75) is 32.9 Å². The fourth-order valence-electron chi connectivity index (χ4n) is 1.79.